The predicted molar refractivity (Wildman–Crippen MR) is 151 cm³/mol. The summed E-state index contributed by atoms with van der Waals surface area (Å²) in [6.45, 7) is 9.15. The van der Waals surface area contributed by atoms with E-state index in [1.807, 2.05) is 17.0 Å². The molecule has 6 nitrogen and oxygen atoms in total. The topological polar surface area (TPSA) is 61.9 Å². The number of hydrogen-bond acceptors (Lipinski definition) is 4. The summed E-state index contributed by atoms with van der Waals surface area (Å²) < 4.78 is 6.17. The van der Waals surface area contributed by atoms with Gasteiger partial charge in [0.1, 0.15) is 18.9 Å². The minimum atomic E-state index is -0.387. The average molecular weight is 538 g/mol. The van der Waals surface area contributed by atoms with Gasteiger partial charge in [-0.05, 0) is 65.2 Å². The molecule has 1 aliphatic heterocycles. The van der Waals surface area contributed by atoms with Crippen LogP contribution < -0.4 is 10.1 Å². The van der Waals surface area contributed by atoms with E-state index in [4.69, 9.17) is 16.3 Å². The Kier molecular flexibility index (Phi) is 8.90. The molecule has 2 heterocycles. The van der Waals surface area contributed by atoms with E-state index in [1.165, 1.54) is 15.3 Å². The number of hydrogen-bond donors (Lipinski definition) is 1. The zero-order valence-corrected chi connectivity index (χ0v) is 22.7. The van der Waals surface area contributed by atoms with Crippen LogP contribution in [0.1, 0.15) is 41.8 Å². The van der Waals surface area contributed by atoms with E-state index < -0.39 is 0 Å². The Bertz CT molecular complexity index is 1240. The molecule has 194 valence electrons. The smallest absolute Gasteiger partial charge is 0.322 e. The second-order valence-electron chi connectivity index (χ2n) is 9.30. The maximum Gasteiger partial charge on any atom is 0.322 e. The number of carbonyl (C=O) groups is 2. The third-order valence-electron chi connectivity index (χ3n) is 6.41. The Hall–Kier alpha value is -3.29. The van der Waals surface area contributed by atoms with Crippen LogP contribution in [0, 0.1) is 0 Å². The lowest BCUT2D eigenvalue weighted by atomic mass is 10.00. The van der Waals surface area contributed by atoms with Gasteiger partial charge in [0.2, 0.25) is 5.91 Å². The summed E-state index contributed by atoms with van der Waals surface area (Å²) in [6, 6.07) is 16.5. The van der Waals surface area contributed by atoms with Crippen LogP contribution in [0.3, 0.4) is 0 Å². The quantitative estimate of drug-likeness (QED) is 0.307. The Labute approximate surface area is 227 Å². The molecule has 37 heavy (non-hydrogen) atoms. The van der Waals surface area contributed by atoms with Crippen LogP contribution in [-0.2, 0) is 11.2 Å². The molecular weight excluding hydrogens is 506 g/mol. The van der Waals surface area contributed by atoms with Crippen molar-refractivity contribution in [3.63, 3.8) is 0 Å². The Balaban J connectivity index is 1.47. The largest absolute Gasteiger partial charge is 0.491 e. The van der Waals surface area contributed by atoms with Gasteiger partial charge in [0.25, 0.3) is 0 Å². The molecule has 0 fully saturated rings. The van der Waals surface area contributed by atoms with Gasteiger partial charge in [-0.15, -0.1) is 17.9 Å². The highest BCUT2D eigenvalue weighted by Gasteiger charge is 2.33. The number of nitrogens with zero attached hydrogens (tertiary/aromatic N) is 2. The first-order valence-electron chi connectivity index (χ1n) is 12.4. The first kappa shape index (κ1) is 26.8. The van der Waals surface area contributed by atoms with Gasteiger partial charge < -0.3 is 19.9 Å². The highest BCUT2D eigenvalue weighted by atomic mass is 35.5. The maximum atomic E-state index is 13.6. The molecular formula is C29H32ClN3O3S. The lowest BCUT2D eigenvalue weighted by molar-refractivity contribution is -0.135. The summed E-state index contributed by atoms with van der Waals surface area (Å²) in [7, 11) is 0. The van der Waals surface area contributed by atoms with Crippen LogP contribution in [0.2, 0.25) is 5.02 Å². The maximum absolute atomic E-state index is 13.6. The number of halogens is 1. The fourth-order valence-corrected chi connectivity index (χ4v) is 5.52. The van der Waals surface area contributed by atoms with E-state index in [0.717, 1.165) is 17.7 Å². The van der Waals surface area contributed by atoms with Gasteiger partial charge in [-0.3, -0.25) is 4.79 Å². The number of amides is 3. The van der Waals surface area contributed by atoms with E-state index in [1.54, 1.807) is 41.7 Å². The number of ether oxygens (including phenoxy) is 1. The van der Waals surface area contributed by atoms with Crippen LogP contribution in [0.15, 0.2) is 72.6 Å². The number of thiophene rings is 1. The summed E-state index contributed by atoms with van der Waals surface area (Å²) >= 11 is 7.75. The zero-order valence-electron chi connectivity index (χ0n) is 21.2. The van der Waals surface area contributed by atoms with E-state index >= 15 is 0 Å². The monoisotopic (exact) mass is 537 g/mol. The van der Waals surface area contributed by atoms with Crippen molar-refractivity contribution in [2.75, 3.05) is 31.6 Å². The average Bonchev–Trinajstić information content (AvgIpc) is 3.36. The van der Waals surface area contributed by atoms with Crippen LogP contribution >= 0.6 is 22.9 Å². The molecule has 1 atom stereocenters. The molecule has 0 saturated carbocycles. The van der Waals surface area contributed by atoms with Gasteiger partial charge in [0, 0.05) is 28.7 Å². The Morgan fingerprint density at radius 2 is 2.03 bits per heavy atom. The molecule has 1 aliphatic rings. The third kappa shape index (κ3) is 6.73. The number of benzene rings is 2. The van der Waals surface area contributed by atoms with Crippen LogP contribution in [0.25, 0.3) is 0 Å². The molecule has 2 aromatic carbocycles. The summed E-state index contributed by atoms with van der Waals surface area (Å²) in [6.07, 6.45) is 2.40. The summed E-state index contributed by atoms with van der Waals surface area (Å²) in [5.41, 5.74) is 2.93. The molecule has 3 aromatic rings. The fourth-order valence-electron chi connectivity index (χ4n) is 4.40. The lowest BCUT2D eigenvalue weighted by Crippen LogP contribution is -2.48. The summed E-state index contributed by atoms with van der Waals surface area (Å²) in [5.74, 6) is 1.08. The van der Waals surface area contributed by atoms with Crippen LogP contribution in [0.5, 0.6) is 5.75 Å². The van der Waals surface area contributed by atoms with Gasteiger partial charge in [-0.25, -0.2) is 4.79 Å². The number of urea groups is 1. The number of fused-ring (bicyclic) bond motifs is 1. The Morgan fingerprint density at radius 1 is 1.24 bits per heavy atom. The van der Waals surface area contributed by atoms with Gasteiger partial charge in [0.05, 0.1) is 6.04 Å². The third-order valence-corrected chi connectivity index (χ3v) is 7.64. The van der Waals surface area contributed by atoms with E-state index in [2.05, 4.69) is 49.3 Å². The normalized spacial score (nSPS) is 14.7. The van der Waals surface area contributed by atoms with Crippen molar-refractivity contribution in [2.45, 2.75) is 32.2 Å². The van der Waals surface area contributed by atoms with Crippen molar-refractivity contribution in [2.24, 2.45) is 0 Å². The second-order valence-corrected chi connectivity index (χ2v) is 10.7. The highest BCUT2D eigenvalue weighted by Crippen LogP contribution is 2.34. The molecule has 0 aliphatic carbocycles. The van der Waals surface area contributed by atoms with Gasteiger partial charge in [-0.2, -0.15) is 0 Å². The summed E-state index contributed by atoms with van der Waals surface area (Å²) in [5, 5.41) is 5.40. The van der Waals surface area contributed by atoms with Crippen molar-refractivity contribution in [1.29, 1.82) is 0 Å². The van der Waals surface area contributed by atoms with Crippen LogP contribution in [-0.4, -0.2) is 48.0 Å². The number of rotatable bonds is 9. The molecule has 0 saturated heterocycles. The van der Waals surface area contributed by atoms with Crippen LogP contribution in [0.4, 0.5) is 10.5 Å². The van der Waals surface area contributed by atoms with E-state index in [9.17, 15) is 9.59 Å². The van der Waals surface area contributed by atoms with Gasteiger partial charge in [-0.1, -0.05) is 49.7 Å². The first-order chi connectivity index (χ1) is 17.9. The van der Waals surface area contributed by atoms with Crippen molar-refractivity contribution in [3.8, 4) is 5.75 Å². The summed E-state index contributed by atoms with van der Waals surface area (Å²) in [4.78, 5) is 31.1. The van der Waals surface area contributed by atoms with E-state index in [-0.39, 0.29) is 31.1 Å². The van der Waals surface area contributed by atoms with Gasteiger partial charge in [0.15, 0.2) is 0 Å². The number of nitrogens with one attached hydrogen (secondary N) is 1. The lowest BCUT2D eigenvalue weighted by Gasteiger charge is -2.37. The molecule has 1 aromatic heterocycles. The van der Waals surface area contributed by atoms with E-state index in [0.29, 0.717) is 29.8 Å². The van der Waals surface area contributed by atoms with Crippen molar-refractivity contribution >= 4 is 40.6 Å². The molecule has 3 amide bonds. The minimum Gasteiger partial charge on any atom is -0.491 e. The number of anilines is 1. The van der Waals surface area contributed by atoms with Crippen molar-refractivity contribution in [3.05, 3.63) is 93.7 Å². The molecule has 0 spiro atoms. The standard InChI is InChI=1S/C29H32ClN3O3S/c1-4-14-32(29(35)31-23-7-5-6-22(30)17-23)18-28(34)33-15-12-27-25(13-16-37-27)26(33)19-36-24-10-8-21(9-11-24)20(2)3/h4-11,13,16-17,20,26H,1,12,14-15,18-19H2,2-3H3,(H,31,35)/t26-/m0/s1. The molecule has 1 N–H and O–H groups in total. The highest BCUT2D eigenvalue weighted by molar-refractivity contribution is 7.10. The Morgan fingerprint density at radius 3 is 2.73 bits per heavy atom. The molecule has 8 heteroatoms. The second kappa shape index (κ2) is 12.3. The SMILES string of the molecule is C=CCN(CC(=O)N1CCc2sccc2[C@@H]1COc1ccc(C(C)C)cc1)C(=O)Nc1cccc(Cl)c1. The minimum absolute atomic E-state index is 0.0719. The fraction of sp³-hybridized carbons (Fsp3) is 0.310. The zero-order chi connectivity index (χ0) is 26.4. The predicted octanol–water partition coefficient (Wildman–Crippen LogP) is 6.75. The number of carbonyl (C=O) groups excluding carboxylic acids is 2. The van der Waals surface area contributed by atoms with Crippen molar-refractivity contribution in [1.82, 2.24) is 9.80 Å². The first-order valence-corrected chi connectivity index (χ1v) is 13.6. The van der Waals surface area contributed by atoms with Gasteiger partial charge >= 0.3 is 6.03 Å². The molecule has 0 bridgehead atoms. The van der Waals surface area contributed by atoms with Crippen molar-refractivity contribution < 1.29 is 14.3 Å². The molecule has 0 unspecified atom stereocenters. The molecule has 4 rings (SSSR count). The molecule has 0 radical (unpaired) electrons.